The first-order chi connectivity index (χ1) is 15.4. The number of methoxy groups -OCH3 is 1. The van der Waals surface area contributed by atoms with Gasteiger partial charge in [-0.15, -0.1) is 11.8 Å². The number of aryl methyl sites for hydroxylation is 1. The van der Waals surface area contributed by atoms with E-state index in [2.05, 4.69) is 32.9 Å². The fourth-order valence-corrected chi connectivity index (χ4v) is 7.86. The molecule has 4 nitrogen and oxygen atoms in total. The SMILES string of the molecule is COCCOCCSCC(=O)Oc1cc(C)c2c(c1)C[C@@H]1[C@@]3(C)CCCC[C@@H]3CC[C@@]21C. The lowest BCUT2D eigenvalue weighted by molar-refractivity contribution is -0.131. The van der Waals surface area contributed by atoms with E-state index in [9.17, 15) is 4.79 Å². The van der Waals surface area contributed by atoms with Crippen LogP contribution in [0, 0.1) is 24.2 Å². The molecule has 0 radical (unpaired) electrons. The van der Waals surface area contributed by atoms with Gasteiger partial charge in [-0.25, -0.2) is 0 Å². The highest BCUT2D eigenvalue weighted by Gasteiger charge is 2.57. The number of ether oxygens (including phenoxy) is 3. The molecule has 0 bridgehead atoms. The van der Waals surface area contributed by atoms with Gasteiger partial charge in [0.2, 0.25) is 0 Å². The average molecular weight is 461 g/mol. The van der Waals surface area contributed by atoms with Gasteiger partial charge in [-0.2, -0.15) is 0 Å². The van der Waals surface area contributed by atoms with E-state index in [4.69, 9.17) is 14.2 Å². The van der Waals surface area contributed by atoms with Crippen LogP contribution in [0.4, 0.5) is 0 Å². The maximum Gasteiger partial charge on any atom is 0.321 e. The van der Waals surface area contributed by atoms with Crippen LogP contribution in [-0.4, -0.2) is 44.4 Å². The first-order valence-corrected chi connectivity index (χ1v) is 13.5. The highest BCUT2D eigenvalue weighted by molar-refractivity contribution is 7.99. The largest absolute Gasteiger partial charge is 0.426 e. The number of hydrogen-bond acceptors (Lipinski definition) is 5. The lowest BCUT2D eigenvalue weighted by Gasteiger charge is -2.56. The quantitative estimate of drug-likeness (QED) is 0.268. The van der Waals surface area contributed by atoms with Crippen molar-refractivity contribution in [1.29, 1.82) is 0 Å². The number of carbonyl (C=O) groups is 1. The fraction of sp³-hybridized carbons (Fsp3) is 0.741. The lowest BCUT2D eigenvalue weighted by atomic mass is 9.48. The summed E-state index contributed by atoms with van der Waals surface area (Å²) < 4.78 is 16.2. The van der Waals surface area contributed by atoms with E-state index in [0.29, 0.717) is 36.9 Å². The topological polar surface area (TPSA) is 44.8 Å². The Bertz CT molecular complexity index is 824. The molecule has 0 amide bonds. The summed E-state index contributed by atoms with van der Waals surface area (Å²) in [6, 6.07) is 4.27. The second-order valence-electron chi connectivity index (χ2n) is 10.6. The second kappa shape index (κ2) is 10.1. The Morgan fingerprint density at radius 1 is 1.12 bits per heavy atom. The summed E-state index contributed by atoms with van der Waals surface area (Å²) in [5.74, 6) is 3.27. The fourth-order valence-electron chi connectivity index (χ4n) is 7.26. The van der Waals surface area contributed by atoms with Crippen LogP contribution >= 0.6 is 11.8 Å². The van der Waals surface area contributed by atoms with Gasteiger partial charge in [-0.1, -0.05) is 26.7 Å². The number of carbonyl (C=O) groups excluding carboxylic acids is 1. The summed E-state index contributed by atoms with van der Waals surface area (Å²) >= 11 is 1.56. The van der Waals surface area contributed by atoms with Gasteiger partial charge >= 0.3 is 5.97 Å². The molecule has 0 heterocycles. The number of rotatable bonds is 9. The molecule has 0 unspecified atom stereocenters. The van der Waals surface area contributed by atoms with Crippen molar-refractivity contribution in [2.75, 3.05) is 38.4 Å². The standard InChI is InChI=1S/C27H40O4S/c1-19-15-22(31-24(28)18-32-14-13-30-12-11-29-4)16-20-17-23-26(2)9-6-5-7-21(26)8-10-27(23,3)25(19)20/h15-16,21,23H,5-14,17-18H2,1-4H3/t21-,23-,26+,27-/m1/s1. The van der Waals surface area contributed by atoms with Crippen molar-refractivity contribution >= 4 is 17.7 Å². The van der Waals surface area contributed by atoms with Crippen LogP contribution in [0.5, 0.6) is 5.75 Å². The predicted octanol–water partition coefficient (Wildman–Crippen LogP) is 5.72. The maximum absolute atomic E-state index is 12.4. The molecule has 32 heavy (non-hydrogen) atoms. The minimum absolute atomic E-state index is 0.174. The molecule has 0 N–H and O–H groups in total. The number of hydrogen-bond donors (Lipinski definition) is 0. The molecule has 3 aliphatic rings. The molecule has 5 heteroatoms. The van der Waals surface area contributed by atoms with Crippen LogP contribution in [0.3, 0.4) is 0 Å². The van der Waals surface area contributed by atoms with Gasteiger partial charge in [0.15, 0.2) is 0 Å². The van der Waals surface area contributed by atoms with Crippen LogP contribution in [0.1, 0.15) is 69.1 Å². The Labute approximate surface area is 198 Å². The third-order valence-corrected chi connectivity index (χ3v) is 9.56. The van der Waals surface area contributed by atoms with Crippen LogP contribution in [0.2, 0.25) is 0 Å². The summed E-state index contributed by atoms with van der Waals surface area (Å²) in [6.07, 6.45) is 9.38. The minimum atomic E-state index is -0.174. The zero-order chi connectivity index (χ0) is 22.8. The third-order valence-electron chi connectivity index (χ3n) is 8.67. The van der Waals surface area contributed by atoms with Crippen molar-refractivity contribution < 1.29 is 19.0 Å². The van der Waals surface area contributed by atoms with Gasteiger partial charge < -0.3 is 14.2 Å². The molecule has 0 spiro atoms. The van der Waals surface area contributed by atoms with Crippen molar-refractivity contribution in [2.45, 2.75) is 71.1 Å². The molecule has 2 saturated carbocycles. The molecule has 4 atom stereocenters. The Morgan fingerprint density at radius 3 is 2.78 bits per heavy atom. The van der Waals surface area contributed by atoms with Crippen LogP contribution in [0.25, 0.3) is 0 Å². The zero-order valence-corrected chi connectivity index (χ0v) is 21.2. The van der Waals surface area contributed by atoms with Gasteiger partial charge in [-0.05, 0) is 90.5 Å². The first-order valence-electron chi connectivity index (χ1n) is 12.4. The van der Waals surface area contributed by atoms with Gasteiger partial charge in [0.25, 0.3) is 0 Å². The molecule has 1 aromatic rings. The van der Waals surface area contributed by atoms with Gasteiger partial charge in [0.05, 0.1) is 25.6 Å². The molecule has 178 valence electrons. The predicted molar refractivity (Wildman–Crippen MR) is 131 cm³/mol. The summed E-state index contributed by atoms with van der Waals surface area (Å²) in [6.45, 7) is 9.13. The molecular weight excluding hydrogens is 420 g/mol. The number of esters is 1. The Balaban J connectivity index is 1.39. The summed E-state index contributed by atoms with van der Waals surface area (Å²) in [4.78, 5) is 12.4. The highest BCUT2D eigenvalue weighted by Crippen LogP contribution is 2.64. The van der Waals surface area contributed by atoms with Crippen LogP contribution < -0.4 is 4.74 Å². The lowest BCUT2D eigenvalue weighted by Crippen LogP contribution is -2.50. The molecule has 4 rings (SSSR count). The van der Waals surface area contributed by atoms with Gasteiger partial charge in [0.1, 0.15) is 5.75 Å². The Kier molecular flexibility index (Phi) is 7.58. The van der Waals surface area contributed by atoms with E-state index in [1.165, 1.54) is 49.7 Å². The number of thioether (sulfide) groups is 1. The molecule has 0 aliphatic heterocycles. The smallest absolute Gasteiger partial charge is 0.321 e. The van der Waals surface area contributed by atoms with Crippen molar-refractivity contribution in [2.24, 2.45) is 17.3 Å². The molecule has 3 aliphatic carbocycles. The van der Waals surface area contributed by atoms with E-state index in [-0.39, 0.29) is 11.4 Å². The number of fused-ring (bicyclic) bond motifs is 5. The molecule has 0 saturated heterocycles. The maximum atomic E-state index is 12.4. The third kappa shape index (κ3) is 4.63. The number of benzene rings is 1. The highest BCUT2D eigenvalue weighted by atomic mass is 32.2. The van der Waals surface area contributed by atoms with E-state index in [0.717, 1.165) is 23.8 Å². The van der Waals surface area contributed by atoms with E-state index in [1.807, 2.05) is 0 Å². The van der Waals surface area contributed by atoms with Gasteiger partial charge in [-0.3, -0.25) is 4.79 Å². The van der Waals surface area contributed by atoms with Crippen LogP contribution in [0.15, 0.2) is 12.1 Å². The van der Waals surface area contributed by atoms with Crippen LogP contribution in [-0.2, 0) is 26.1 Å². The molecule has 2 fully saturated rings. The molecule has 1 aromatic carbocycles. The first kappa shape index (κ1) is 24.1. The monoisotopic (exact) mass is 460 g/mol. The molecular formula is C27H40O4S. The summed E-state index contributed by atoms with van der Waals surface area (Å²) in [5.41, 5.74) is 4.99. The van der Waals surface area contributed by atoms with E-state index >= 15 is 0 Å². The average Bonchev–Trinajstić information content (AvgIpc) is 3.07. The summed E-state index contributed by atoms with van der Waals surface area (Å²) in [5, 5.41) is 0. The Morgan fingerprint density at radius 2 is 1.97 bits per heavy atom. The van der Waals surface area contributed by atoms with Crippen molar-refractivity contribution in [3.8, 4) is 5.75 Å². The van der Waals surface area contributed by atoms with Crippen molar-refractivity contribution in [3.05, 3.63) is 28.8 Å². The van der Waals surface area contributed by atoms with Crippen molar-refractivity contribution in [1.82, 2.24) is 0 Å². The molecule has 0 aromatic heterocycles. The van der Waals surface area contributed by atoms with E-state index in [1.54, 1.807) is 24.4 Å². The van der Waals surface area contributed by atoms with E-state index < -0.39 is 0 Å². The summed E-state index contributed by atoms with van der Waals surface area (Å²) in [7, 11) is 1.66. The second-order valence-corrected chi connectivity index (χ2v) is 11.7. The Hall–Kier alpha value is -1.04. The zero-order valence-electron chi connectivity index (χ0n) is 20.3. The normalized spacial score (nSPS) is 31.0. The minimum Gasteiger partial charge on any atom is -0.426 e. The van der Waals surface area contributed by atoms with Crippen molar-refractivity contribution in [3.63, 3.8) is 0 Å². The van der Waals surface area contributed by atoms with Gasteiger partial charge in [0, 0.05) is 12.9 Å².